The molecule has 1 fully saturated rings. The summed E-state index contributed by atoms with van der Waals surface area (Å²) < 4.78 is 0. The predicted molar refractivity (Wildman–Crippen MR) is 69.7 cm³/mol. The molecule has 0 aromatic heterocycles. The van der Waals surface area contributed by atoms with E-state index in [1.54, 1.807) is 11.8 Å². The molecule has 0 saturated heterocycles. The van der Waals surface area contributed by atoms with Crippen LogP contribution in [0.15, 0.2) is 35.2 Å². The van der Waals surface area contributed by atoms with Gasteiger partial charge in [-0.1, -0.05) is 37.5 Å². The van der Waals surface area contributed by atoms with Gasteiger partial charge in [-0.25, -0.2) is 0 Å². The summed E-state index contributed by atoms with van der Waals surface area (Å²) in [6.07, 6.45) is 6.28. The molecule has 0 bridgehead atoms. The Morgan fingerprint density at radius 1 is 1.12 bits per heavy atom. The van der Waals surface area contributed by atoms with Crippen molar-refractivity contribution in [1.29, 1.82) is 0 Å². The minimum absolute atomic E-state index is 0.120. The number of aliphatic hydroxyl groups is 1. The standard InChI is InChI=1S/C14H20OS/c15-14(12-7-3-1-4-8-12)11-16-13-9-5-2-6-10-13/h2,5-6,9-10,12,14-15H,1,3-4,7-8,11H2. The van der Waals surface area contributed by atoms with E-state index in [1.165, 1.54) is 37.0 Å². The molecule has 1 N–H and O–H groups in total. The number of aliphatic hydroxyl groups excluding tert-OH is 1. The Bertz CT molecular complexity index is 293. The van der Waals surface area contributed by atoms with Crippen molar-refractivity contribution in [3.8, 4) is 0 Å². The highest BCUT2D eigenvalue weighted by atomic mass is 32.2. The summed E-state index contributed by atoms with van der Waals surface area (Å²) in [4.78, 5) is 1.26. The second kappa shape index (κ2) is 6.31. The largest absolute Gasteiger partial charge is 0.392 e. The summed E-state index contributed by atoms with van der Waals surface area (Å²) in [5, 5.41) is 10.1. The summed E-state index contributed by atoms with van der Waals surface area (Å²) in [5.41, 5.74) is 0. The van der Waals surface area contributed by atoms with Crippen LogP contribution in [-0.4, -0.2) is 17.0 Å². The maximum absolute atomic E-state index is 10.1. The second-order valence-electron chi connectivity index (χ2n) is 4.59. The van der Waals surface area contributed by atoms with Crippen molar-refractivity contribution in [1.82, 2.24) is 0 Å². The topological polar surface area (TPSA) is 20.2 Å². The fourth-order valence-electron chi connectivity index (χ4n) is 2.35. The number of hydrogen-bond acceptors (Lipinski definition) is 2. The summed E-state index contributed by atoms with van der Waals surface area (Å²) in [5.74, 6) is 1.39. The van der Waals surface area contributed by atoms with Crippen molar-refractivity contribution < 1.29 is 5.11 Å². The lowest BCUT2D eigenvalue weighted by Gasteiger charge is -2.26. The summed E-state index contributed by atoms with van der Waals surface area (Å²) >= 11 is 1.77. The fraction of sp³-hybridized carbons (Fsp3) is 0.571. The van der Waals surface area contributed by atoms with Gasteiger partial charge in [0.15, 0.2) is 0 Å². The van der Waals surface area contributed by atoms with Crippen molar-refractivity contribution in [2.75, 3.05) is 5.75 Å². The summed E-state index contributed by atoms with van der Waals surface area (Å²) in [6.45, 7) is 0. The molecule has 1 aromatic rings. The van der Waals surface area contributed by atoms with Crippen LogP contribution in [0.3, 0.4) is 0 Å². The van der Waals surface area contributed by atoms with Crippen molar-refractivity contribution in [2.45, 2.75) is 43.1 Å². The molecule has 2 heteroatoms. The molecule has 0 spiro atoms. The molecule has 1 nitrogen and oxygen atoms in total. The van der Waals surface area contributed by atoms with Gasteiger partial charge in [0.05, 0.1) is 6.10 Å². The quantitative estimate of drug-likeness (QED) is 0.804. The SMILES string of the molecule is OC(CSc1ccccc1)C1CCCCC1. The molecule has 0 radical (unpaired) electrons. The van der Waals surface area contributed by atoms with Crippen LogP contribution in [0.25, 0.3) is 0 Å². The first-order chi connectivity index (χ1) is 7.86. The Morgan fingerprint density at radius 3 is 2.50 bits per heavy atom. The third-order valence-corrected chi connectivity index (χ3v) is 4.47. The molecule has 88 valence electrons. The molecule has 1 aromatic carbocycles. The second-order valence-corrected chi connectivity index (χ2v) is 5.68. The average Bonchev–Trinajstić information content (AvgIpc) is 2.38. The van der Waals surface area contributed by atoms with E-state index < -0.39 is 0 Å². The number of thioether (sulfide) groups is 1. The Kier molecular flexibility index (Phi) is 4.73. The number of rotatable bonds is 4. The van der Waals surface area contributed by atoms with Gasteiger partial charge in [-0.2, -0.15) is 0 Å². The van der Waals surface area contributed by atoms with Crippen LogP contribution in [0, 0.1) is 5.92 Å². The third kappa shape index (κ3) is 3.53. The first-order valence-corrected chi connectivity index (χ1v) is 7.21. The third-order valence-electron chi connectivity index (χ3n) is 3.36. The van der Waals surface area contributed by atoms with Crippen molar-refractivity contribution in [2.24, 2.45) is 5.92 Å². The van der Waals surface area contributed by atoms with Crippen LogP contribution < -0.4 is 0 Å². The van der Waals surface area contributed by atoms with Gasteiger partial charge in [0.2, 0.25) is 0 Å². The van der Waals surface area contributed by atoms with E-state index in [-0.39, 0.29) is 6.10 Å². The maximum Gasteiger partial charge on any atom is 0.0662 e. The minimum Gasteiger partial charge on any atom is -0.392 e. The smallest absolute Gasteiger partial charge is 0.0662 e. The van der Waals surface area contributed by atoms with E-state index in [1.807, 2.05) is 6.07 Å². The molecular weight excluding hydrogens is 216 g/mol. The normalized spacial score (nSPS) is 19.6. The predicted octanol–water partition coefficient (Wildman–Crippen LogP) is 3.72. The molecular formula is C14H20OS. The number of benzene rings is 1. The number of hydrogen-bond donors (Lipinski definition) is 1. The molecule has 1 atom stereocenters. The van der Waals surface area contributed by atoms with Crippen LogP contribution in [0.2, 0.25) is 0 Å². The van der Waals surface area contributed by atoms with Crippen molar-refractivity contribution in [3.05, 3.63) is 30.3 Å². The monoisotopic (exact) mass is 236 g/mol. The zero-order chi connectivity index (χ0) is 11.2. The fourth-order valence-corrected chi connectivity index (χ4v) is 3.34. The van der Waals surface area contributed by atoms with Crippen molar-refractivity contribution in [3.63, 3.8) is 0 Å². The van der Waals surface area contributed by atoms with Crippen molar-refractivity contribution >= 4 is 11.8 Å². The zero-order valence-corrected chi connectivity index (χ0v) is 10.5. The average molecular weight is 236 g/mol. The van der Waals surface area contributed by atoms with Gasteiger partial charge in [-0.05, 0) is 30.9 Å². The highest BCUT2D eigenvalue weighted by Crippen LogP contribution is 2.29. The first kappa shape index (κ1) is 12.0. The van der Waals surface area contributed by atoms with E-state index in [9.17, 15) is 5.11 Å². The molecule has 1 saturated carbocycles. The zero-order valence-electron chi connectivity index (χ0n) is 9.64. The van der Waals surface area contributed by atoms with Gasteiger partial charge >= 0.3 is 0 Å². The lowest BCUT2D eigenvalue weighted by molar-refractivity contribution is 0.105. The molecule has 2 rings (SSSR count). The Hall–Kier alpha value is -0.470. The van der Waals surface area contributed by atoms with Crippen LogP contribution in [-0.2, 0) is 0 Å². The van der Waals surface area contributed by atoms with E-state index >= 15 is 0 Å². The Balaban J connectivity index is 1.76. The van der Waals surface area contributed by atoms with Crippen LogP contribution in [0.5, 0.6) is 0 Å². The van der Waals surface area contributed by atoms with E-state index in [0.29, 0.717) is 5.92 Å². The first-order valence-electron chi connectivity index (χ1n) is 6.22. The van der Waals surface area contributed by atoms with E-state index in [4.69, 9.17) is 0 Å². The highest BCUT2D eigenvalue weighted by Gasteiger charge is 2.21. The van der Waals surface area contributed by atoms with Gasteiger partial charge in [0, 0.05) is 10.6 Å². The van der Waals surface area contributed by atoms with Gasteiger partial charge in [0.1, 0.15) is 0 Å². The Labute approximate surface area is 102 Å². The molecule has 1 unspecified atom stereocenters. The maximum atomic E-state index is 10.1. The van der Waals surface area contributed by atoms with Crippen LogP contribution in [0.1, 0.15) is 32.1 Å². The lowest BCUT2D eigenvalue weighted by atomic mass is 9.86. The molecule has 16 heavy (non-hydrogen) atoms. The molecule has 1 aliphatic rings. The van der Waals surface area contributed by atoms with E-state index in [2.05, 4.69) is 24.3 Å². The highest BCUT2D eigenvalue weighted by molar-refractivity contribution is 7.99. The molecule has 0 aliphatic heterocycles. The van der Waals surface area contributed by atoms with Gasteiger partial charge in [-0.15, -0.1) is 11.8 Å². The molecule has 0 heterocycles. The summed E-state index contributed by atoms with van der Waals surface area (Å²) in [7, 11) is 0. The van der Waals surface area contributed by atoms with Gasteiger partial charge in [-0.3, -0.25) is 0 Å². The van der Waals surface area contributed by atoms with Gasteiger partial charge in [0.25, 0.3) is 0 Å². The summed E-state index contributed by atoms with van der Waals surface area (Å²) in [6, 6.07) is 10.3. The molecule has 1 aliphatic carbocycles. The lowest BCUT2D eigenvalue weighted by Crippen LogP contribution is -2.24. The van der Waals surface area contributed by atoms with Gasteiger partial charge < -0.3 is 5.11 Å². The Morgan fingerprint density at radius 2 is 1.81 bits per heavy atom. The van der Waals surface area contributed by atoms with E-state index in [0.717, 1.165) is 5.75 Å². The van der Waals surface area contributed by atoms with Crippen LogP contribution in [0.4, 0.5) is 0 Å². The minimum atomic E-state index is -0.120. The molecule has 0 amide bonds. The van der Waals surface area contributed by atoms with Crippen LogP contribution >= 0.6 is 11.8 Å².